The second-order valence-electron chi connectivity index (χ2n) is 8.79. The van der Waals surface area contributed by atoms with Crippen LogP contribution in [0.15, 0.2) is 30.9 Å². The van der Waals surface area contributed by atoms with Gasteiger partial charge in [-0.3, -0.25) is 14.6 Å². The van der Waals surface area contributed by atoms with Gasteiger partial charge in [0.25, 0.3) is 0 Å². The molecule has 4 rings (SSSR count). The highest BCUT2D eigenvalue weighted by Crippen LogP contribution is 2.31. The van der Waals surface area contributed by atoms with E-state index in [4.69, 9.17) is 10.1 Å². The van der Waals surface area contributed by atoms with E-state index in [2.05, 4.69) is 66.3 Å². The van der Waals surface area contributed by atoms with Crippen LogP contribution in [-0.2, 0) is 6.54 Å². The maximum Gasteiger partial charge on any atom is 0.115 e. The molecule has 0 saturated carbocycles. The summed E-state index contributed by atoms with van der Waals surface area (Å²) in [5.74, 6) is 0.505. The van der Waals surface area contributed by atoms with E-state index in [-0.39, 0.29) is 0 Å². The molecule has 6 nitrogen and oxygen atoms in total. The first-order valence-electron chi connectivity index (χ1n) is 10.9. The zero-order chi connectivity index (χ0) is 21.3. The lowest BCUT2D eigenvalue weighted by atomic mass is 9.91. The van der Waals surface area contributed by atoms with Gasteiger partial charge in [0, 0.05) is 59.1 Å². The van der Waals surface area contributed by atoms with Crippen LogP contribution in [0.3, 0.4) is 0 Å². The molecular formula is C24H32N6. The highest BCUT2D eigenvalue weighted by Gasteiger charge is 2.24. The van der Waals surface area contributed by atoms with Crippen molar-refractivity contribution in [2.45, 2.75) is 66.0 Å². The van der Waals surface area contributed by atoms with Crippen LogP contribution in [0.25, 0.3) is 11.1 Å². The van der Waals surface area contributed by atoms with Gasteiger partial charge < -0.3 is 0 Å². The molecule has 0 amide bonds. The number of hydrogen-bond donors (Lipinski definition) is 0. The van der Waals surface area contributed by atoms with E-state index < -0.39 is 0 Å². The Hall–Kier alpha value is -2.60. The fourth-order valence-electron chi connectivity index (χ4n) is 4.56. The van der Waals surface area contributed by atoms with Gasteiger partial charge in [0.05, 0.1) is 5.69 Å². The molecular weight excluding hydrogens is 372 g/mol. The predicted octanol–water partition coefficient (Wildman–Crippen LogP) is 4.62. The van der Waals surface area contributed by atoms with Gasteiger partial charge in [-0.2, -0.15) is 5.10 Å². The lowest BCUT2D eigenvalue weighted by Crippen LogP contribution is -2.33. The minimum absolute atomic E-state index is 0.403. The number of likely N-dealkylation sites (tertiary alicyclic amines) is 1. The Bertz CT molecular complexity index is 1000. The molecule has 0 spiro atoms. The van der Waals surface area contributed by atoms with Crippen molar-refractivity contribution in [2.75, 3.05) is 13.1 Å². The number of nitrogens with zero attached hydrogens (tertiary/aromatic N) is 6. The summed E-state index contributed by atoms with van der Waals surface area (Å²) >= 11 is 0. The fraction of sp³-hybridized carbons (Fsp3) is 0.500. The SMILES string of the molecule is Cc1cc(-c2cncnc2)cc(C2CCN(Cc3c(C)nn(C(C)C)c3C)CC2)n1. The second-order valence-corrected chi connectivity index (χ2v) is 8.79. The predicted molar refractivity (Wildman–Crippen MR) is 119 cm³/mol. The molecule has 0 N–H and O–H groups in total. The number of hydrogen-bond acceptors (Lipinski definition) is 5. The molecule has 0 radical (unpaired) electrons. The van der Waals surface area contributed by atoms with Crippen molar-refractivity contribution in [3.05, 3.63) is 59.2 Å². The van der Waals surface area contributed by atoms with Gasteiger partial charge >= 0.3 is 0 Å². The standard InChI is InChI=1S/C24H32N6/c1-16(2)30-19(5)23(18(4)28-30)14-29-8-6-20(7-9-29)24-11-21(10-17(3)27-24)22-12-25-15-26-13-22/h10-13,15-16,20H,6-9,14H2,1-5H3. The number of rotatable bonds is 5. The lowest BCUT2D eigenvalue weighted by molar-refractivity contribution is 0.202. The molecule has 158 valence electrons. The highest BCUT2D eigenvalue weighted by molar-refractivity contribution is 5.62. The first kappa shape index (κ1) is 20.7. The number of aryl methyl sites for hydroxylation is 2. The van der Waals surface area contributed by atoms with Gasteiger partial charge in [0.1, 0.15) is 6.33 Å². The van der Waals surface area contributed by atoms with E-state index in [1.54, 1.807) is 6.33 Å². The molecule has 0 aromatic carbocycles. The Morgan fingerprint density at radius 3 is 2.33 bits per heavy atom. The average Bonchev–Trinajstić information content (AvgIpc) is 3.03. The van der Waals surface area contributed by atoms with Crippen molar-refractivity contribution < 1.29 is 0 Å². The van der Waals surface area contributed by atoms with Crippen molar-refractivity contribution in [2.24, 2.45) is 0 Å². The van der Waals surface area contributed by atoms with Crippen LogP contribution in [0.1, 0.15) is 67.0 Å². The lowest BCUT2D eigenvalue weighted by Gasteiger charge is -2.32. The highest BCUT2D eigenvalue weighted by atomic mass is 15.3. The summed E-state index contributed by atoms with van der Waals surface area (Å²) in [4.78, 5) is 15.8. The topological polar surface area (TPSA) is 59.7 Å². The molecule has 6 heteroatoms. The molecule has 1 aliphatic rings. The first-order chi connectivity index (χ1) is 14.4. The van der Waals surface area contributed by atoms with Crippen LogP contribution >= 0.6 is 0 Å². The van der Waals surface area contributed by atoms with Crippen molar-refractivity contribution in [3.8, 4) is 11.1 Å². The van der Waals surface area contributed by atoms with Gasteiger partial charge in [0.2, 0.25) is 0 Å². The summed E-state index contributed by atoms with van der Waals surface area (Å²) in [6.45, 7) is 14.0. The second kappa shape index (κ2) is 8.64. The molecule has 4 heterocycles. The van der Waals surface area contributed by atoms with Crippen LogP contribution in [0.2, 0.25) is 0 Å². The van der Waals surface area contributed by atoms with Crippen LogP contribution in [0, 0.1) is 20.8 Å². The normalized spacial score (nSPS) is 15.8. The van der Waals surface area contributed by atoms with Crippen molar-refractivity contribution in [3.63, 3.8) is 0 Å². The van der Waals surface area contributed by atoms with E-state index in [1.165, 1.54) is 22.6 Å². The molecule has 1 aliphatic heterocycles. The van der Waals surface area contributed by atoms with Crippen LogP contribution < -0.4 is 0 Å². The van der Waals surface area contributed by atoms with Gasteiger partial charge in [-0.15, -0.1) is 0 Å². The van der Waals surface area contributed by atoms with Crippen LogP contribution in [0.5, 0.6) is 0 Å². The number of aromatic nitrogens is 5. The first-order valence-corrected chi connectivity index (χ1v) is 10.9. The molecule has 30 heavy (non-hydrogen) atoms. The molecule has 1 saturated heterocycles. The summed E-state index contributed by atoms with van der Waals surface area (Å²) in [7, 11) is 0. The third kappa shape index (κ3) is 4.29. The molecule has 0 unspecified atom stereocenters. The Morgan fingerprint density at radius 1 is 1.00 bits per heavy atom. The molecule has 0 atom stereocenters. The molecule has 0 bridgehead atoms. The van der Waals surface area contributed by atoms with Gasteiger partial charge in [-0.05, 0) is 78.2 Å². The van der Waals surface area contributed by atoms with Gasteiger partial charge in [-0.25, -0.2) is 9.97 Å². The average molecular weight is 405 g/mol. The fourth-order valence-corrected chi connectivity index (χ4v) is 4.56. The quantitative estimate of drug-likeness (QED) is 0.621. The van der Waals surface area contributed by atoms with Crippen molar-refractivity contribution >= 4 is 0 Å². The minimum atomic E-state index is 0.403. The third-order valence-electron chi connectivity index (χ3n) is 6.22. The number of piperidine rings is 1. The summed E-state index contributed by atoms with van der Waals surface area (Å²) in [5, 5.41) is 4.76. The maximum absolute atomic E-state index is 4.87. The van der Waals surface area contributed by atoms with Crippen LogP contribution in [-0.4, -0.2) is 42.7 Å². The minimum Gasteiger partial charge on any atom is -0.299 e. The number of pyridine rings is 1. The molecule has 3 aromatic rings. The maximum atomic E-state index is 4.87. The molecule has 1 fully saturated rings. The van der Waals surface area contributed by atoms with Crippen LogP contribution in [0.4, 0.5) is 0 Å². The summed E-state index contributed by atoms with van der Waals surface area (Å²) in [6, 6.07) is 4.75. The van der Waals surface area contributed by atoms with Crippen molar-refractivity contribution in [1.29, 1.82) is 0 Å². The smallest absolute Gasteiger partial charge is 0.115 e. The molecule has 3 aromatic heterocycles. The Labute approximate surface area is 179 Å². The monoisotopic (exact) mass is 404 g/mol. The van der Waals surface area contributed by atoms with E-state index in [0.29, 0.717) is 12.0 Å². The van der Waals surface area contributed by atoms with Gasteiger partial charge in [-0.1, -0.05) is 0 Å². The molecule has 0 aliphatic carbocycles. The Kier molecular flexibility index (Phi) is 5.95. The third-order valence-corrected chi connectivity index (χ3v) is 6.22. The largest absolute Gasteiger partial charge is 0.299 e. The summed E-state index contributed by atoms with van der Waals surface area (Å²) in [6.07, 6.45) is 7.59. The van der Waals surface area contributed by atoms with E-state index in [1.807, 2.05) is 12.4 Å². The van der Waals surface area contributed by atoms with E-state index in [9.17, 15) is 0 Å². The Balaban J connectivity index is 1.45. The summed E-state index contributed by atoms with van der Waals surface area (Å²) < 4.78 is 2.16. The van der Waals surface area contributed by atoms with E-state index >= 15 is 0 Å². The van der Waals surface area contributed by atoms with E-state index in [0.717, 1.165) is 49.3 Å². The Morgan fingerprint density at radius 2 is 1.70 bits per heavy atom. The zero-order valence-corrected chi connectivity index (χ0v) is 18.8. The van der Waals surface area contributed by atoms with Crippen molar-refractivity contribution in [1.82, 2.24) is 29.6 Å². The zero-order valence-electron chi connectivity index (χ0n) is 18.8. The summed E-state index contributed by atoms with van der Waals surface area (Å²) in [5.41, 5.74) is 8.33. The van der Waals surface area contributed by atoms with Gasteiger partial charge in [0.15, 0.2) is 0 Å².